The summed E-state index contributed by atoms with van der Waals surface area (Å²) >= 11 is 0. The number of amides is 2. The second-order valence-corrected chi connectivity index (χ2v) is 9.55. The van der Waals surface area contributed by atoms with Gasteiger partial charge in [0.15, 0.2) is 5.75 Å². The average Bonchev–Trinajstić information content (AvgIpc) is 3.28. The molecule has 0 spiro atoms. The zero-order valence-electron chi connectivity index (χ0n) is 16.6. The van der Waals surface area contributed by atoms with Gasteiger partial charge >= 0.3 is 6.03 Å². The fourth-order valence-corrected chi connectivity index (χ4v) is 5.37. The molecule has 9 nitrogen and oxygen atoms in total. The van der Waals surface area contributed by atoms with Gasteiger partial charge in [-0.3, -0.25) is 0 Å². The summed E-state index contributed by atoms with van der Waals surface area (Å²) in [6.45, 7) is 5.14. The van der Waals surface area contributed by atoms with Crippen LogP contribution < -0.4 is 15.6 Å². The summed E-state index contributed by atoms with van der Waals surface area (Å²) in [7, 11) is -2.03. The quantitative estimate of drug-likeness (QED) is 0.534. The Morgan fingerprint density at radius 1 is 1.28 bits per heavy atom. The van der Waals surface area contributed by atoms with E-state index in [1.807, 2.05) is 6.92 Å². The molecule has 3 aliphatic rings. The van der Waals surface area contributed by atoms with Crippen LogP contribution in [0.5, 0.6) is 5.75 Å². The molecule has 0 aromatic heterocycles. The number of methoxy groups -OCH3 is 1. The van der Waals surface area contributed by atoms with E-state index < -0.39 is 10.0 Å². The first-order chi connectivity index (χ1) is 13.9. The number of hydrogen-bond donors (Lipinski definition) is 2. The van der Waals surface area contributed by atoms with Crippen molar-refractivity contribution >= 4 is 16.1 Å². The first-order valence-corrected chi connectivity index (χ1v) is 11.1. The van der Waals surface area contributed by atoms with Crippen LogP contribution in [0.15, 0.2) is 34.2 Å². The molecule has 2 N–H and O–H groups in total. The van der Waals surface area contributed by atoms with Crippen molar-refractivity contribution in [2.75, 3.05) is 53.0 Å². The van der Waals surface area contributed by atoms with E-state index in [1.165, 1.54) is 4.31 Å². The molecule has 1 unspecified atom stereocenters. The molecule has 2 amide bonds. The predicted molar refractivity (Wildman–Crippen MR) is 106 cm³/mol. The lowest BCUT2D eigenvalue weighted by molar-refractivity contribution is 0.168. The Bertz CT molecular complexity index is 928. The third kappa shape index (κ3) is 3.85. The Kier molecular flexibility index (Phi) is 5.52. The van der Waals surface area contributed by atoms with Crippen LogP contribution in [0.25, 0.3) is 0 Å². The Labute approximate surface area is 170 Å². The summed E-state index contributed by atoms with van der Waals surface area (Å²) in [5, 5.41) is 2.80. The number of ether oxygens (including phenoxy) is 1. The van der Waals surface area contributed by atoms with E-state index in [4.69, 9.17) is 9.57 Å². The fourth-order valence-electron chi connectivity index (χ4n) is 3.90. The van der Waals surface area contributed by atoms with Crippen molar-refractivity contribution < 1.29 is 22.8 Å². The van der Waals surface area contributed by atoms with E-state index in [0.29, 0.717) is 51.6 Å². The summed E-state index contributed by atoms with van der Waals surface area (Å²) in [4.78, 5) is 19.6. The smallest absolute Gasteiger partial charge is 0.318 e. The van der Waals surface area contributed by atoms with Gasteiger partial charge in [-0.25, -0.2) is 13.2 Å². The topological polar surface area (TPSA) is 100 Å². The zero-order chi connectivity index (χ0) is 20.6. The number of urea groups is 1. The summed E-state index contributed by atoms with van der Waals surface area (Å²) < 4.78 is 32.8. The van der Waals surface area contributed by atoms with Crippen LogP contribution in [0.1, 0.15) is 18.4 Å². The number of fused-ring (bicyclic) bond motifs is 1. The third-order valence-corrected chi connectivity index (χ3v) is 7.38. The Morgan fingerprint density at radius 2 is 2.00 bits per heavy atom. The van der Waals surface area contributed by atoms with Gasteiger partial charge in [0, 0.05) is 57.9 Å². The van der Waals surface area contributed by atoms with Crippen molar-refractivity contribution in [1.29, 1.82) is 0 Å². The molecular formula is C19H26N4O5S. The number of hydrogen-bond acceptors (Lipinski definition) is 6. The molecule has 0 fully saturated rings. The van der Waals surface area contributed by atoms with Crippen molar-refractivity contribution in [2.45, 2.75) is 17.7 Å². The molecule has 158 valence electrons. The van der Waals surface area contributed by atoms with E-state index in [0.717, 1.165) is 16.7 Å². The van der Waals surface area contributed by atoms with E-state index in [2.05, 4.69) is 10.8 Å². The average molecular weight is 423 g/mol. The predicted octanol–water partition coefficient (Wildman–Crippen LogP) is 0.660. The number of sulfonamides is 1. The van der Waals surface area contributed by atoms with Gasteiger partial charge < -0.3 is 19.8 Å². The molecule has 4 rings (SSSR count). The molecule has 0 saturated heterocycles. The standard InChI is InChI=1S/C19H26N4O5S/c1-13-8-21-28-18-4-3-16(7-17(13)18)29(25,26)23-11-14-9-22(10-15(14)12-23)19(24)20-5-6-27-2/h3-4,7,13,21H,5-6,8-12H2,1-2H3,(H,20,24). The van der Waals surface area contributed by atoms with Crippen molar-refractivity contribution in [3.63, 3.8) is 0 Å². The number of carbonyl (C=O) groups is 1. The molecule has 3 heterocycles. The second-order valence-electron chi connectivity index (χ2n) is 7.61. The lowest BCUT2D eigenvalue weighted by Gasteiger charge is -2.25. The van der Waals surface area contributed by atoms with Crippen LogP contribution in [-0.4, -0.2) is 76.6 Å². The molecule has 0 saturated carbocycles. The van der Waals surface area contributed by atoms with Crippen LogP contribution in [0, 0.1) is 0 Å². The number of rotatable bonds is 5. The maximum absolute atomic E-state index is 13.2. The van der Waals surface area contributed by atoms with Gasteiger partial charge in [0.1, 0.15) is 0 Å². The van der Waals surface area contributed by atoms with Crippen LogP contribution >= 0.6 is 0 Å². The highest BCUT2D eigenvalue weighted by molar-refractivity contribution is 7.89. The summed E-state index contributed by atoms with van der Waals surface area (Å²) in [5.74, 6) is 0.834. The Balaban J connectivity index is 1.42. The molecule has 10 heteroatoms. The normalized spacial score (nSPS) is 21.7. The molecule has 0 bridgehead atoms. The molecule has 1 atom stereocenters. The number of hydroxylamine groups is 1. The van der Waals surface area contributed by atoms with Gasteiger partial charge in [0.25, 0.3) is 0 Å². The fraction of sp³-hybridized carbons (Fsp3) is 0.526. The highest BCUT2D eigenvalue weighted by atomic mass is 32.2. The molecule has 1 aromatic carbocycles. The summed E-state index contributed by atoms with van der Waals surface area (Å²) in [6.07, 6.45) is 0. The minimum atomic E-state index is -3.61. The van der Waals surface area contributed by atoms with E-state index in [1.54, 1.807) is 30.2 Å². The molecule has 29 heavy (non-hydrogen) atoms. The molecule has 0 radical (unpaired) electrons. The lowest BCUT2D eigenvalue weighted by atomic mass is 10.00. The van der Waals surface area contributed by atoms with E-state index in [-0.39, 0.29) is 16.8 Å². The molecule has 3 aliphatic heterocycles. The number of nitrogens with one attached hydrogen (secondary N) is 2. The largest absolute Gasteiger partial charge is 0.408 e. The van der Waals surface area contributed by atoms with Crippen LogP contribution in [0.4, 0.5) is 4.79 Å². The summed E-state index contributed by atoms with van der Waals surface area (Å²) in [5.41, 5.74) is 5.76. The lowest BCUT2D eigenvalue weighted by Crippen LogP contribution is -2.42. The van der Waals surface area contributed by atoms with Crippen LogP contribution in [0.3, 0.4) is 0 Å². The number of nitrogens with zero attached hydrogens (tertiary/aromatic N) is 2. The molecular weight excluding hydrogens is 396 g/mol. The monoisotopic (exact) mass is 422 g/mol. The highest BCUT2D eigenvalue weighted by Crippen LogP contribution is 2.34. The van der Waals surface area contributed by atoms with Gasteiger partial charge in [-0.15, -0.1) is 0 Å². The van der Waals surface area contributed by atoms with Gasteiger partial charge in [-0.1, -0.05) is 6.92 Å². The summed E-state index contributed by atoms with van der Waals surface area (Å²) in [6, 6.07) is 4.86. The van der Waals surface area contributed by atoms with Crippen LogP contribution in [0.2, 0.25) is 0 Å². The SMILES string of the molecule is COCCNC(=O)N1CC2=C(C1)CN(S(=O)(=O)c1ccc3c(c1)C(C)CNO3)C2. The zero-order valence-corrected chi connectivity index (χ0v) is 17.4. The van der Waals surface area contributed by atoms with Crippen molar-refractivity contribution in [1.82, 2.24) is 20.0 Å². The van der Waals surface area contributed by atoms with E-state index >= 15 is 0 Å². The third-order valence-electron chi connectivity index (χ3n) is 5.59. The maximum Gasteiger partial charge on any atom is 0.318 e. The molecule has 0 aliphatic carbocycles. The second kappa shape index (κ2) is 7.94. The number of carbonyl (C=O) groups excluding carboxylic acids is 1. The first-order valence-electron chi connectivity index (χ1n) is 9.65. The first kappa shape index (κ1) is 20.1. The van der Waals surface area contributed by atoms with Gasteiger partial charge in [-0.05, 0) is 29.3 Å². The van der Waals surface area contributed by atoms with Gasteiger partial charge in [0.2, 0.25) is 10.0 Å². The van der Waals surface area contributed by atoms with E-state index in [9.17, 15) is 13.2 Å². The van der Waals surface area contributed by atoms with Gasteiger partial charge in [-0.2, -0.15) is 9.79 Å². The van der Waals surface area contributed by atoms with Crippen molar-refractivity contribution in [3.05, 3.63) is 34.9 Å². The Hall–Kier alpha value is -2.14. The number of benzene rings is 1. The van der Waals surface area contributed by atoms with Crippen molar-refractivity contribution in [2.24, 2.45) is 0 Å². The van der Waals surface area contributed by atoms with Crippen molar-refractivity contribution in [3.8, 4) is 5.75 Å². The highest BCUT2D eigenvalue weighted by Gasteiger charge is 2.38. The Morgan fingerprint density at radius 3 is 2.69 bits per heavy atom. The minimum absolute atomic E-state index is 0.150. The van der Waals surface area contributed by atoms with Crippen LogP contribution in [-0.2, 0) is 14.8 Å². The minimum Gasteiger partial charge on any atom is -0.408 e. The van der Waals surface area contributed by atoms with Gasteiger partial charge in [0.05, 0.1) is 11.5 Å². The maximum atomic E-state index is 13.2. The molecule has 1 aromatic rings.